The van der Waals surface area contributed by atoms with Crippen LogP contribution in [0.5, 0.6) is 0 Å². The number of ether oxygens (including phenoxy) is 1. The molecule has 0 radical (unpaired) electrons. The first-order chi connectivity index (χ1) is 9.61. The molecule has 1 fully saturated rings. The van der Waals surface area contributed by atoms with Crippen LogP contribution < -0.4 is 10.9 Å². The van der Waals surface area contributed by atoms with E-state index < -0.39 is 0 Å². The summed E-state index contributed by atoms with van der Waals surface area (Å²) in [4.78, 5) is 14.3. The number of methoxy groups -OCH3 is 1. The molecule has 1 aromatic rings. The van der Waals surface area contributed by atoms with Gasteiger partial charge in [0.25, 0.3) is 5.56 Å². The van der Waals surface area contributed by atoms with Crippen molar-refractivity contribution in [1.29, 1.82) is 0 Å². The van der Waals surface area contributed by atoms with Gasteiger partial charge in [-0.15, -0.1) is 0 Å². The Labute approximate surface area is 123 Å². The summed E-state index contributed by atoms with van der Waals surface area (Å²) in [6, 6.07) is 0.347. The second kappa shape index (κ2) is 7.06. The van der Waals surface area contributed by atoms with Crippen molar-refractivity contribution in [2.45, 2.75) is 25.4 Å². The molecule has 2 heterocycles. The van der Waals surface area contributed by atoms with Crippen molar-refractivity contribution in [1.82, 2.24) is 14.7 Å². The van der Waals surface area contributed by atoms with Gasteiger partial charge in [-0.1, -0.05) is 11.6 Å². The predicted molar refractivity (Wildman–Crippen MR) is 79.5 cm³/mol. The van der Waals surface area contributed by atoms with E-state index >= 15 is 0 Å². The molecule has 0 aromatic carbocycles. The number of aromatic nitrogens is 2. The number of likely N-dealkylation sites (tertiary alicyclic amines) is 1. The zero-order valence-electron chi connectivity index (χ0n) is 11.9. The summed E-state index contributed by atoms with van der Waals surface area (Å²) >= 11 is 6.14. The third-order valence-corrected chi connectivity index (χ3v) is 3.94. The van der Waals surface area contributed by atoms with Crippen molar-refractivity contribution in [2.24, 2.45) is 0 Å². The van der Waals surface area contributed by atoms with Crippen LogP contribution in [0.2, 0.25) is 5.02 Å². The smallest absolute Gasteiger partial charge is 0.287 e. The monoisotopic (exact) mass is 300 g/mol. The van der Waals surface area contributed by atoms with Crippen LogP contribution in [-0.4, -0.2) is 54.6 Å². The maximum absolute atomic E-state index is 12.1. The molecule has 0 saturated carbocycles. The molecule has 2 rings (SSSR count). The fraction of sp³-hybridized carbons (Fsp3) is 0.692. The van der Waals surface area contributed by atoms with E-state index in [9.17, 15) is 4.79 Å². The predicted octanol–water partition coefficient (Wildman–Crippen LogP) is 1.05. The lowest BCUT2D eigenvalue weighted by Crippen LogP contribution is -2.37. The summed E-state index contributed by atoms with van der Waals surface area (Å²) in [6.07, 6.45) is 3.71. The van der Waals surface area contributed by atoms with Crippen molar-refractivity contribution in [3.63, 3.8) is 0 Å². The Morgan fingerprint density at radius 2 is 2.20 bits per heavy atom. The lowest BCUT2D eigenvalue weighted by Gasteiger charge is -2.30. The van der Waals surface area contributed by atoms with Crippen LogP contribution in [0.1, 0.15) is 12.8 Å². The number of hydrogen-bond donors (Lipinski definition) is 1. The Morgan fingerprint density at radius 1 is 1.50 bits per heavy atom. The number of hydrogen-bond acceptors (Lipinski definition) is 5. The summed E-state index contributed by atoms with van der Waals surface area (Å²) in [5, 5.41) is 7.66. The summed E-state index contributed by atoms with van der Waals surface area (Å²) in [7, 11) is 3.70. The summed E-state index contributed by atoms with van der Waals surface area (Å²) in [5.41, 5.74) is 0.349. The standard InChI is InChI=1S/C13H21ClN4O2/c1-17-5-3-10(4-6-17)16-11-9-15-18(7-8-20-2)13(19)12(11)14/h9-10,16H,3-8H2,1-2H3. The highest BCUT2D eigenvalue weighted by Crippen LogP contribution is 2.20. The van der Waals surface area contributed by atoms with Gasteiger partial charge in [-0.2, -0.15) is 5.10 Å². The van der Waals surface area contributed by atoms with Gasteiger partial charge in [-0.3, -0.25) is 4.79 Å². The Morgan fingerprint density at radius 3 is 2.85 bits per heavy atom. The lowest BCUT2D eigenvalue weighted by atomic mass is 10.1. The third kappa shape index (κ3) is 3.71. The molecule has 1 aromatic heterocycles. The molecule has 0 unspecified atom stereocenters. The highest BCUT2D eigenvalue weighted by molar-refractivity contribution is 6.32. The van der Waals surface area contributed by atoms with E-state index in [4.69, 9.17) is 16.3 Å². The molecule has 112 valence electrons. The zero-order valence-corrected chi connectivity index (χ0v) is 12.7. The highest BCUT2D eigenvalue weighted by atomic mass is 35.5. The average molecular weight is 301 g/mol. The van der Waals surface area contributed by atoms with E-state index in [1.807, 2.05) is 0 Å². The van der Waals surface area contributed by atoms with Crippen LogP contribution in [0.15, 0.2) is 11.0 Å². The Balaban J connectivity index is 2.05. The molecule has 7 heteroatoms. The van der Waals surface area contributed by atoms with E-state index in [2.05, 4.69) is 22.4 Å². The molecule has 0 atom stereocenters. The molecule has 20 heavy (non-hydrogen) atoms. The van der Waals surface area contributed by atoms with Crippen molar-refractivity contribution >= 4 is 17.3 Å². The van der Waals surface area contributed by atoms with Gasteiger partial charge < -0.3 is 15.0 Å². The van der Waals surface area contributed by atoms with Crippen molar-refractivity contribution in [2.75, 3.05) is 39.2 Å². The van der Waals surface area contributed by atoms with E-state index in [-0.39, 0.29) is 10.6 Å². The highest BCUT2D eigenvalue weighted by Gasteiger charge is 2.18. The fourth-order valence-corrected chi connectivity index (χ4v) is 2.48. The maximum Gasteiger partial charge on any atom is 0.287 e. The molecular weight excluding hydrogens is 280 g/mol. The fourth-order valence-electron chi connectivity index (χ4n) is 2.28. The molecular formula is C13H21ClN4O2. The quantitative estimate of drug-likeness (QED) is 0.881. The number of halogens is 1. The Kier molecular flexibility index (Phi) is 5.39. The molecule has 1 N–H and O–H groups in total. The number of rotatable bonds is 5. The normalized spacial score (nSPS) is 17.4. The van der Waals surface area contributed by atoms with Crippen LogP contribution in [0.25, 0.3) is 0 Å². The number of anilines is 1. The van der Waals surface area contributed by atoms with Gasteiger partial charge in [0.1, 0.15) is 5.02 Å². The van der Waals surface area contributed by atoms with Crippen molar-refractivity contribution in [3.8, 4) is 0 Å². The van der Waals surface area contributed by atoms with Gasteiger partial charge in [0.2, 0.25) is 0 Å². The first-order valence-corrected chi connectivity index (χ1v) is 7.19. The second-order valence-electron chi connectivity index (χ2n) is 5.12. The Bertz CT molecular complexity index is 498. The number of piperidine rings is 1. The van der Waals surface area contributed by atoms with Crippen molar-refractivity contribution < 1.29 is 4.74 Å². The zero-order chi connectivity index (χ0) is 14.5. The van der Waals surface area contributed by atoms with Gasteiger partial charge in [0.15, 0.2) is 0 Å². The minimum atomic E-state index is -0.276. The third-order valence-electron chi connectivity index (χ3n) is 3.57. The van der Waals surface area contributed by atoms with Gasteiger partial charge >= 0.3 is 0 Å². The molecule has 0 spiro atoms. The molecule has 6 nitrogen and oxygen atoms in total. The van der Waals surface area contributed by atoms with Gasteiger partial charge in [0.05, 0.1) is 25.0 Å². The van der Waals surface area contributed by atoms with E-state index in [1.54, 1.807) is 13.3 Å². The van der Waals surface area contributed by atoms with E-state index in [0.29, 0.717) is 24.9 Å². The summed E-state index contributed by atoms with van der Waals surface area (Å²) in [6.45, 7) is 2.94. The van der Waals surface area contributed by atoms with Gasteiger partial charge in [-0.25, -0.2) is 4.68 Å². The number of nitrogens with one attached hydrogen (secondary N) is 1. The van der Waals surface area contributed by atoms with Crippen LogP contribution in [0.4, 0.5) is 5.69 Å². The summed E-state index contributed by atoms with van der Waals surface area (Å²) in [5.74, 6) is 0. The summed E-state index contributed by atoms with van der Waals surface area (Å²) < 4.78 is 6.26. The van der Waals surface area contributed by atoms with E-state index in [0.717, 1.165) is 25.9 Å². The first-order valence-electron chi connectivity index (χ1n) is 6.81. The second-order valence-corrected chi connectivity index (χ2v) is 5.49. The van der Waals surface area contributed by atoms with Crippen LogP contribution in [0, 0.1) is 0 Å². The number of nitrogens with zero attached hydrogens (tertiary/aromatic N) is 3. The van der Waals surface area contributed by atoms with Crippen LogP contribution >= 0.6 is 11.6 Å². The molecule has 0 aliphatic carbocycles. The molecule has 1 aliphatic rings. The van der Waals surface area contributed by atoms with Gasteiger partial charge in [0, 0.05) is 13.2 Å². The molecule has 0 amide bonds. The molecule has 1 aliphatic heterocycles. The minimum Gasteiger partial charge on any atom is -0.383 e. The van der Waals surface area contributed by atoms with Gasteiger partial charge in [-0.05, 0) is 33.0 Å². The SMILES string of the molecule is COCCn1ncc(NC2CCN(C)CC2)c(Cl)c1=O. The largest absolute Gasteiger partial charge is 0.383 e. The van der Waals surface area contributed by atoms with Crippen molar-refractivity contribution in [3.05, 3.63) is 21.6 Å². The molecule has 0 bridgehead atoms. The van der Waals surface area contributed by atoms with Crippen LogP contribution in [0.3, 0.4) is 0 Å². The van der Waals surface area contributed by atoms with E-state index in [1.165, 1.54) is 4.68 Å². The van der Waals surface area contributed by atoms with Crippen LogP contribution in [-0.2, 0) is 11.3 Å². The minimum absolute atomic E-state index is 0.204. The topological polar surface area (TPSA) is 59.4 Å². The first kappa shape index (κ1) is 15.3. The molecule has 1 saturated heterocycles. The Hall–Kier alpha value is -1.11. The average Bonchev–Trinajstić information content (AvgIpc) is 2.45. The lowest BCUT2D eigenvalue weighted by molar-refractivity contribution is 0.182. The maximum atomic E-state index is 12.1.